The van der Waals surface area contributed by atoms with Crippen molar-refractivity contribution in [2.24, 2.45) is 0 Å². The molecule has 1 amide bonds. The largest absolute Gasteiger partial charge is 0.497 e. The van der Waals surface area contributed by atoms with Gasteiger partial charge in [-0.1, -0.05) is 0 Å². The smallest absolute Gasteiger partial charge is 0.274 e. The highest BCUT2D eigenvalue weighted by atomic mass is 19.2. The molecule has 28 heavy (non-hydrogen) atoms. The average molecular weight is 385 g/mol. The van der Waals surface area contributed by atoms with Gasteiger partial charge in [0, 0.05) is 29.7 Å². The quantitative estimate of drug-likeness (QED) is 0.659. The monoisotopic (exact) mass is 385 g/mol. The summed E-state index contributed by atoms with van der Waals surface area (Å²) >= 11 is 0. The number of amides is 1. The minimum Gasteiger partial charge on any atom is -0.497 e. The number of ether oxygens (including phenoxy) is 2. The number of methoxy groups -OCH3 is 2. The highest BCUT2D eigenvalue weighted by Gasteiger charge is 2.13. The molecule has 144 valence electrons. The van der Waals surface area contributed by atoms with Crippen molar-refractivity contribution in [3.63, 3.8) is 0 Å². The molecule has 1 aromatic heterocycles. The summed E-state index contributed by atoms with van der Waals surface area (Å²) in [6.07, 6.45) is 1.43. The fraction of sp³-hybridized carbons (Fsp3) is 0.100. The molecule has 6 nitrogen and oxygen atoms in total. The summed E-state index contributed by atoms with van der Waals surface area (Å²) < 4.78 is 36.8. The third-order valence-electron chi connectivity index (χ3n) is 3.86. The van der Waals surface area contributed by atoms with Crippen LogP contribution in [0.1, 0.15) is 10.5 Å². The Hall–Kier alpha value is -3.68. The first-order valence-corrected chi connectivity index (χ1v) is 8.21. The third-order valence-corrected chi connectivity index (χ3v) is 3.86. The Morgan fingerprint density at radius 3 is 2.43 bits per heavy atom. The van der Waals surface area contributed by atoms with Crippen molar-refractivity contribution in [2.45, 2.75) is 0 Å². The second kappa shape index (κ2) is 8.34. The van der Waals surface area contributed by atoms with Crippen LogP contribution in [0.4, 0.5) is 25.8 Å². The van der Waals surface area contributed by atoms with E-state index in [4.69, 9.17) is 9.47 Å². The molecule has 2 N–H and O–H groups in total. The molecule has 0 bridgehead atoms. The molecular formula is C20H17F2N3O3. The number of hydrogen-bond acceptors (Lipinski definition) is 5. The van der Waals surface area contributed by atoms with Gasteiger partial charge in [-0.15, -0.1) is 0 Å². The van der Waals surface area contributed by atoms with Crippen molar-refractivity contribution in [3.05, 3.63) is 72.1 Å². The van der Waals surface area contributed by atoms with Crippen LogP contribution in [-0.2, 0) is 0 Å². The van der Waals surface area contributed by atoms with E-state index in [1.807, 2.05) is 0 Å². The van der Waals surface area contributed by atoms with E-state index in [0.29, 0.717) is 28.6 Å². The molecule has 0 saturated heterocycles. The standard InChI is InChI=1S/C20H17F2N3O3/c1-27-14-4-6-19(28-2)17(11-14)25-20(26)18-10-13(7-8-23-18)24-12-3-5-15(21)16(22)9-12/h3-11H,1-2H3,(H,23,24)(H,25,26). The van der Waals surface area contributed by atoms with E-state index in [0.717, 1.165) is 12.1 Å². The van der Waals surface area contributed by atoms with Gasteiger partial charge in [-0.2, -0.15) is 0 Å². The van der Waals surface area contributed by atoms with Gasteiger partial charge in [0.05, 0.1) is 19.9 Å². The van der Waals surface area contributed by atoms with Crippen LogP contribution in [0, 0.1) is 11.6 Å². The first-order valence-electron chi connectivity index (χ1n) is 8.21. The number of anilines is 3. The van der Waals surface area contributed by atoms with E-state index in [2.05, 4.69) is 15.6 Å². The number of carbonyl (C=O) groups excluding carboxylic acids is 1. The molecule has 3 rings (SSSR count). The maximum Gasteiger partial charge on any atom is 0.274 e. The lowest BCUT2D eigenvalue weighted by Crippen LogP contribution is -2.14. The van der Waals surface area contributed by atoms with Gasteiger partial charge in [0.2, 0.25) is 0 Å². The number of pyridine rings is 1. The molecule has 0 saturated carbocycles. The van der Waals surface area contributed by atoms with Crippen molar-refractivity contribution in [2.75, 3.05) is 24.9 Å². The zero-order valence-corrected chi connectivity index (χ0v) is 15.1. The summed E-state index contributed by atoms with van der Waals surface area (Å²) in [5, 5.41) is 5.62. The van der Waals surface area contributed by atoms with E-state index in [1.165, 1.54) is 32.5 Å². The Morgan fingerprint density at radius 2 is 1.71 bits per heavy atom. The Balaban J connectivity index is 1.80. The fourth-order valence-electron chi connectivity index (χ4n) is 2.47. The summed E-state index contributed by atoms with van der Waals surface area (Å²) in [6, 6.07) is 11.5. The van der Waals surface area contributed by atoms with E-state index in [9.17, 15) is 13.6 Å². The lowest BCUT2D eigenvalue weighted by Gasteiger charge is -2.12. The SMILES string of the molecule is COc1ccc(OC)c(NC(=O)c2cc(Nc3ccc(F)c(F)c3)ccn2)c1. The van der Waals surface area contributed by atoms with Crippen molar-refractivity contribution in [3.8, 4) is 11.5 Å². The van der Waals surface area contributed by atoms with Gasteiger partial charge in [-0.3, -0.25) is 9.78 Å². The second-order valence-corrected chi connectivity index (χ2v) is 5.70. The summed E-state index contributed by atoms with van der Waals surface area (Å²) in [7, 11) is 3.00. The van der Waals surface area contributed by atoms with Gasteiger partial charge in [0.1, 0.15) is 17.2 Å². The van der Waals surface area contributed by atoms with E-state index in [1.54, 1.807) is 24.3 Å². The van der Waals surface area contributed by atoms with Gasteiger partial charge in [-0.25, -0.2) is 8.78 Å². The Kier molecular flexibility index (Phi) is 5.69. The minimum atomic E-state index is -0.970. The zero-order valence-electron chi connectivity index (χ0n) is 15.1. The van der Waals surface area contributed by atoms with Gasteiger partial charge in [0.25, 0.3) is 5.91 Å². The molecule has 0 fully saturated rings. The van der Waals surface area contributed by atoms with E-state index < -0.39 is 17.5 Å². The highest BCUT2D eigenvalue weighted by Crippen LogP contribution is 2.29. The molecule has 0 aliphatic carbocycles. The second-order valence-electron chi connectivity index (χ2n) is 5.70. The van der Waals surface area contributed by atoms with Crippen molar-refractivity contribution in [1.82, 2.24) is 4.98 Å². The van der Waals surface area contributed by atoms with Crippen LogP contribution in [0.2, 0.25) is 0 Å². The first kappa shape index (κ1) is 19.1. The molecule has 0 aliphatic heterocycles. The van der Waals surface area contributed by atoms with Gasteiger partial charge >= 0.3 is 0 Å². The predicted octanol–water partition coefficient (Wildman–Crippen LogP) is 4.37. The van der Waals surface area contributed by atoms with Crippen LogP contribution in [0.5, 0.6) is 11.5 Å². The van der Waals surface area contributed by atoms with Crippen LogP contribution < -0.4 is 20.1 Å². The number of carbonyl (C=O) groups is 1. The first-order chi connectivity index (χ1) is 13.5. The van der Waals surface area contributed by atoms with Gasteiger partial charge < -0.3 is 20.1 Å². The van der Waals surface area contributed by atoms with Crippen molar-refractivity contribution < 1.29 is 23.0 Å². The summed E-state index contributed by atoms with van der Waals surface area (Å²) in [4.78, 5) is 16.6. The number of hydrogen-bond donors (Lipinski definition) is 2. The Labute approximate surface area is 160 Å². The number of nitrogens with one attached hydrogen (secondary N) is 2. The van der Waals surface area contributed by atoms with Crippen LogP contribution in [0.25, 0.3) is 0 Å². The molecule has 0 aliphatic rings. The van der Waals surface area contributed by atoms with Crippen LogP contribution in [0.15, 0.2) is 54.7 Å². The molecule has 0 atom stereocenters. The summed E-state index contributed by atoms with van der Waals surface area (Å²) in [6.45, 7) is 0. The molecular weight excluding hydrogens is 368 g/mol. The lowest BCUT2D eigenvalue weighted by atomic mass is 10.2. The number of aromatic nitrogens is 1. The average Bonchev–Trinajstić information content (AvgIpc) is 2.71. The predicted molar refractivity (Wildman–Crippen MR) is 101 cm³/mol. The van der Waals surface area contributed by atoms with E-state index >= 15 is 0 Å². The zero-order chi connectivity index (χ0) is 20.1. The number of halogens is 2. The summed E-state index contributed by atoms with van der Waals surface area (Å²) in [5.74, 6) is -1.36. The van der Waals surface area contributed by atoms with Gasteiger partial charge in [0.15, 0.2) is 11.6 Å². The molecule has 2 aromatic carbocycles. The normalized spacial score (nSPS) is 10.3. The molecule has 0 spiro atoms. The minimum absolute atomic E-state index is 0.123. The lowest BCUT2D eigenvalue weighted by molar-refractivity contribution is 0.102. The van der Waals surface area contributed by atoms with Crippen LogP contribution >= 0.6 is 0 Å². The third kappa shape index (κ3) is 4.35. The molecule has 8 heteroatoms. The van der Waals surface area contributed by atoms with E-state index in [-0.39, 0.29) is 5.69 Å². The topological polar surface area (TPSA) is 72.5 Å². The van der Waals surface area contributed by atoms with Gasteiger partial charge in [-0.05, 0) is 36.4 Å². The summed E-state index contributed by atoms with van der Waals surface area (Å²) in [5.41, 5.74) is 1.37. The van der Waals surface area contributed by atoms with Crippen LogP contribution in [0.3, 0.4) is 0 Å². The molecule has 3 aromatic rings. The Bertz CT molecular complexity index is 1010. The highest BCUT2D eigenvalue weighted by molar-refractivity contribution is 6.04. The fourth-order valence-corrected chi connectivity index (χ4v) is 2.47. The van der Waals surface area contributed by atoms with Crippen LogP contribution in [-0.4, -0.2) is 25.1 Å². The Morgan fingerprint density at radius 1 is 0.929 bits per heavy atom. The molecule has 0 radical (unpaired) electrons. The number of benzene rings is 2. The molecule has 0 unspecified atom stereocenters. The maximum absolute atomic E-state index is 13.4. The maximum atomic E-state index is 13.4. The molecule has 1 heterocycles. The number of nitrogens with zero attached hydrogens (tertiary/aromatic N) is 1. The van der Waals surface area contributed by atoms with Crippen molar-refractivity contribution >= 4 is 23.0 Å². The number of rotatable bonds is 6. The van der Waals surface area contributed by atoms with Crippen molar-refractivity contribution in [1.29, 1.82) is 0 Å².